The third-order valence-electron chi connectivity index (χ3n) is 1.98. The predicted molar refractivity (Wildman–Crippen MR) is 59.9 cm³/mol. The molecule has 1 aromatic rings. The van der Waals surface area contributed by atoms with Gasteiger partial charge in [0.2, 0.25) is 5.91 Å². The number of ether oxygens (including phenoxy) is 1. The van der Waals surface area contributed by atoms with Crippen LogP contribution in [0.15, 0.2) is 10.9 Å². The first-order chi connectivity index (χ1) is 7.65. The lowest BCUT2D eigenvalue weighted by Crippen LogP contribution is -2.34. The molecule has 1 aromatic heterocycles. The molecule has 1 amide bonds. The lowest BCUT2D eigenvalue weighted by atomic mass is 10.1. The molecule has 0 spiro atoms. The van der Waals surface area contributed by atoms with Crippen molar-refractivity contribution in [2.75, 3.05) is 6.61 Å². The van der Waals surface area contributed by atoms with E-state index in [0.29, 0.717) is 12.2 Å². The van der Waals surface area contributed by atoms with Crippen LogP contribution in [0.2, 0.25) is 0 Å². The second kappa shape index (κ2) is 6.22. The average molecular weight is 242 g/mol. The number of nitrogens with one attached hydrogen (secondary N) is 1. The molecule has 0 saturated heterocycles. The van der Waals surface area contributed by atoms with Crippen molar-refractivity contribution in [2.24, 2.45) is 5.92 Å². The zero-order chi connectivity index (χ0) is 12.0. The fourth-order valence-corrected chi connectivity index (χ4v) is 1.68. The molecule has 0 aliphatic carbocycles. The van der Waals surface area contributed by atoms with Crippen molar-refractivity contribution in [3.8, 4) is 0 Å². The van der Waals surface area contributed by atoms with E-state index in [1.165, 1.54) is 11.3 Å². The third kappa shape index (κ3) is 3.62. The summed E-state index contributed by atoms with van der Waals surface area (Å²) in [7, 11) is 0. The largest absolute Gasteiger partial charge is 0.465 e. The number of carbonyl (C=O) groups is 2. The lowest BCUT2D eigenvalue weighted by molar-refractivity contribution is -0.131. The molecule has 0 aliphatic rings. The molecular formula is C10H14N2O3S. The summed E-state index contributed by atoms with van der Waals surface area (Å²) < 4.78 is 4.67. The molecule has 5 nitrogen and oxygen atoms in total. The first-order valence-electron chi connectivity index (χ1n) is 4.89. The Morgan fingerprint density at radius 1 is 1.69 bits per heavy atom. The molecule has 1 heterocycles. The molecule has 1 atom stereocenters. The van der Waals surface area contributed by atoms with Gasteiger partial charge in [-0.2, -0.15) is 0 Å². The summed E-state index contributed by atoms with van der Waals surface area (Å²) in [6.45, 7) is 4.06. The number of rotatable bonds is 6. The van der Waals surface area contributed by atoms with Gasteiger partial charge in [0.25, 0.3) is 6.47 Å². The summed E-state index contributed by atoms with van der Waals surface area (Å²) in [6.07, 6.45) is 0. The van der Waals surface area contributed by atoms with Crippen LogP contribution in [0.1, 0.15) is 25.6 Å². The van der Waals surface area contributed by atoms with Crippen molar-refractivity contribution in [3.05, 3.63) is 16.6 Å². The molecular weight excluding hydrogens is 228 g/mol. The van der Waals surface area contributed by atoms with Crippen molar-refractivity contribution >= 4 is 23.7 Å². The molecule has 1 unspecified atom stereocenters. The van der Waals surface area contributed by atoms with Gasteiger partial charge in [0.05, 0.1) is 11.2 Å². The second-order valence-corrected chi connectivity index (χ2v) is 4.28. The highest BCUT2D eigenvalue weighted by atomic mass is 32.1. The maximum absolute atomic E-state index is 11.5. The second-order valence-electron chi connectivity index (χ2n) is 3.56. The molecule has 0 bridgehead atoms. The molecule has 16 heavy (non-hydrogen) atoms. The Morgan fingerprint density at radius 2 is 2.44 bits per heavy atom. The van der Waals surface area contributed by atoms with Gasteiger partial charge in [-0.3, -0.25) is 9.59 Å². The van der Waals surface area contributed by atoms with Crippen LogP contribution in [0.25, 0.3) is 0 Å². The molecule has 1 rings (SSSR count). The van der Waals surface area contributed by atoms with Crippen molar-refractivity contribution in [3.63, 3.8) is 0 Å². The summed E-state index contributed by atoms with van der Waals surface area (Å²) in [4.78, 5) is 25.8. The van der Waals surface area contributed by atoms with Gasteiger partial charge >= 0.3 is 0 Å². The number of aromatic nitrogens is 1. The van der Waals surface area contributed by atoms with Gasteiger partial charge in [-0.1, -0.05) is 13.8 Å². The standard InChI is InChI=1S/C10H14N2O3S/c1-7(2)10(14)12-8(3-15-6-13)9-4-16-5-11-9/h4-8H,3H2,1-2H3,(H,12,14). The number of carbonyl (C=O) groups excluding carboxylic acids is 2. The zero-order valence-electron chi connectivity index (χ0n) is 9.17. The van der Waals surface area contributed by atoms with Crippen LogP contribution >= 0.6 is 11.3 Å². The minimum absolute atomic E-state index is 0.0903. The average Bonchev–Trinajstić information content (AvgIpc) is 2.76. The van der Waals surface area contributed by atoms with Crippen molar-refractivity contribution in [2.45, 2.75) is 19.9 Å². The van der Waals surface area contributed by atoms with Crippen LogP contribution in [0.5, 0.6) is 0 Å². The van der Waals surface area contributed by atoms with E-state index < -0.39 is 0 Å². The minimum Gasteiger partial charge on any atom is -0.465 e. The molecule has 1 N–H and O–H groups in total. The van der Waals surface area contributed by atoms with Crippen molar-refractivity contribution in [1.29, 1.82) is 0 Å². The molecule has 0 fully saturated rings. The predicted octanol–water partition coefficient (Wildman–Crippen LogP) is 1.13. The summed E-state index contributed by atoms with van der Waals surface area (Å²) in [6, 6.07) is -0.369. The zero-order valence-corrected chi connectivity index (χ0v) is 9.99. The molecule has 0 aliphatic heterocycles. The topological polar surface area (TPSA) is 68.3 Å². The van der Waals surface area contributed by atoms with Gasteiger partial charge < -0.3 is 10.1 Å². The highest BCUT2D eigenvalue weighted by molar-refractivity contribution is 7.07. The smallest absolute Gasteiger partial charge is 0.293 e. The normalized spacial score (nSPS) is 12.2. The van der Waals surface area contributed by atoms with Gasteiger partial charge in [-0.05, 0) is 0 Å². The van der Waals surface area contributed by atoms with Crippen molar-refractivity contribution < 1.29 is 14.3 Å². The van der Waals surface area contributed by atoms with Crippen LogP contribution in [-0.2, 0) is 14.3 Å². The van der Waals surface area contributed by atoms with Gasteiger partial charge in [0.15, 0.2) is 0 Å². The molecule has 0 aromatic carbocycles. The molecule has 6 heteroatoms. The van der Waals surface area contributed by atoms with E-state index in [2.05, 4.69) is 15.0 Å². The molecule has 0 saturated carbocycles. The number of thiazole rings is 1. The Bertz CT molecular complexity index is 338. The molecule has 88 valence electrons. The Balaban J connectivity index is 2.64. The van der Waals surface area contributed by atoms with E-state index in [0.717, 1.165) is 0 Å². The fourth-order valence-electron chi connectivity index (χ4n) is 1.07. The minimum atomic E-state index is -0.369. The monoisotopic (exact) mass is 242 g/mol. The van der Waals surface area contributed by atoms with Crippen LogP contribution in [-0.4, -0.2) is 24.0 Å². The Labute approximate surface area is 97.8 Å². The summed E-state index contributed by atoms with van der Waals surface area (Å²) in [5.74, 6) is -0.204. The highest BCUT2D eigenvalue weighted by Crippen LogP contribution is 2.13. The third-order valence-corrected chi connectivity index (χ3v) is 2.58. The van der Waals surface area contributed by atoms with Gasteiger partial charge in [-0.15, -0.1) is 11.3 Å². The van der Waals surface area contributed by atoms with E-state index in [4.69, 9.17) is 0 Å². The maximum atomic E-state index is 11.5. The SMILES string of the molecule is CC(C)C(=O)NC(COC=O)c1cscn1. The van der Waals surface area contributed by atoms with E-state index in [1.807, 2.05) is 5.38 Å². The quantitative estimate of drug-likeness (QED) is 0.759. The maximum Gasteiger partial charge on any atom is 0.293 e. The Kier molecular flexibility index (Phi) is 4.91. The number of nitrogens with zero attached hydrogens (tertiary/aromatic N) is 1. The highest BCUT2D eigenvalue weighted by Gasteiger charge is 2.18. The van der Waals surface area contributed by atoms with E-state index >= 15 is 0 Å². The number of hydrogen-bond donors (Lipinski definition) is 1. The van der Waals surface area contributed by atoms with Gasteiger partial charge in [0.1, 0.15) is 12.6 Å². The van der Waals surface area contributed by atoms with E-state index in [9.17, 15) is 9.59 Å². The van der Waals surface area contributed by atoms with E-state index in [-0.39, 0.29) is 24.5 Å². The van der Waals surface area contributed by atoms with E-state index in [1.54, 1.807) is 19.4 Å². The fraction of sp³-hybridized carbons (Fsp3) is 0.500. The van der Waals surface area contributed by atoms with Crippen LogP contribution < -0.4 is 5.32 Å². The van der Waals surface area contributed by atoms with Crippen LogP contribution in [0, 0.1) is 5.92 Å². The van der Waals surface area contributed by atoms with Crippen molar-refractivity contribution in [1.82, 2.24) is 10.3 Å². The molecule has 0 radical (unpaired) electrons. The lowest BCUT2D eigenvalue weighted by Gasteiger charge is -2.17. The van der Waals surface area contributed by atoms with Crippen LogP contribution in [0.4, 0.5) is 0 Å². The van der Waals surface area contributed by atoms with Crippen LogP contribution in [0.3, 0.4) is 0 Å². The Morgan fingerprint density at radius 3 is 2.94 bits per heavy atom. The Hall–Kier alpha value is -1.43. The first-order valence-corrected chi connectivity index (χ1v) is 5.83. The summed E-state index contributed by atoms with van der Waals surface area (Å²) in [5.41, 5.74) is 2.38. The summed E-state index contributed by atoms with van der Waals surface area (Å²) >= 11 is 1.43. The van der Waals surface area contributed by atoms with Gasteiger partial charge in [0, 0.05) is 11.3 Å². The number of hydrogen-bond acceptors (Lipinski definition) is 5. The number of amides is 1. The summed E-state index contributed by atoms with van der Waals surface area (Å²) in [5, 5.41) is 4.59. The van der Waals surface area contributed by atoms with Gasteiger partial charge in [-0.25, -0.2) is 4.98 Å². The first kappa shape index (κ1) is 12.6.